The Morgan fingerprint density at radius 1 is 1.16 bits per heavy atom. The maximum atomic E-state index is 13.2. The predicted molar refractivity (Wildman–Crippen MR) is 120 cm³/mol. The van der Waals surface area contributed by atoms with Gasteiger partial charge < -0.3 is 24.6 Å². The molecule has 1 atom stereocenters. The molecule has 2 N–H and O–H groups in total. The SMILES string of the molecule is COc1cc(OCC(=O)O)c(C)cc1SCc1ccc2c(c1)NC(c1ccc(F)cc1)O2. The van der Waals surface area contributed by atoms with Crippen molar-refractivity contribution in [2.45, 2.75) is 23.8 Å². The molecule has 4 rings (SSSR count). The Morgan fingerprint density at radius 3 is 2.66 bits per heavy atom. The molecule has 0 amide bonds. The first kappa shape index (κ1) is 21.8. The van der Waals surface area contributed by atoms with Gasteiger partial charge in [-0.25, -0.2) is 9.18 Å². The minimum atomic E-state index is -1.03. The lowest BCUT2D eigenvalue weighted by Gasteiger charge is -2.14. The minimum Gasteiger partial charge on any atom is -0.495 e. The van der Waals surface area contributed by atoms with Gasteiger partial charge in [0.05, 0.1) is 17.7 Å². The molecule has 0 spiro atoms. The summed E-state index contributed by atoms with van der Waals surface area (Å²) in [4.78, 5) is 11.7. The van der Waals surface area contributed by atoms with E-state index in [-0.39, 0.29) is 12.0 Å². The van der Waals surface area contributed by atoms with Crippen molar-refractivity contribution in [1.82, 2.24) is 0 Å². The Kier molecular flexibility index (Phi) is 6.41. The smallest absolute Gasteiger partial charge is 0.341 e. The predicted octanol–water partition coefficient (Wildman–Crippen LogP) is 5.40. The number of hydrogen-bond acceptors (Lipinski definition) is 6. The molecule has 1 aliphatic rings. The molecule has 1 unspecified atom stereocenters. The van der Waals surface area contributed by atoms with E-state index in [4.69, 9.17) is 19.3 Å². The number of anilines is 1. The number of fused-ring (bicyclic) bond motifs is 1. The van der Waals surface area contributed by atoms with Crippen LogP contribution in [0.1, 0.15) is 22.9 Å². The van der Waals surface area contributed by atoms with Gasteiger partial charge in [-0.3, -0.25) is 0 Å². The van der Waals surface area contributed by atoms with E-state index < -0.39 is 12.6 Å². The van der Waals surface area contributed by atoms with Gasteiger partial charge in [-0.15, -0.1) is 11.8 Å². The number of aryl methyl sites for hydroxylation is 1. The zero-order valence-electron chi connectivity index (χ0n) is 17.6. The fraction of sp³-hybridized carbons (Fsp3) is 0.208. The van der Waals surface area contributed by atoms with E-state index >= 15 is 0 Å². The highest BCUT2D eigenvalue weighted by atomic mass is 32.2. The van der Waals surface area contributed by atoms with Crippen LogP contribution in [-0.2, 0) is 10.5 Å². The van der Waals surface area contributed by atoms with Crippen molar-refractivity contribution >= 4 is 23.4 Å². The summed E-state index contributed by atoms with van der Waals surface area (Å²) >= 11 is 1.61. The summed E-state index contributed by atoms with van der Waals surface area (Å²) in [6.45, 7) is 1.46. The molecular formula is C24H22FNO5S. The van der Waals surface area contributed by atoms with Crippen LogP contribution in [0.4, 0.5) is 10.1 Å². The van der Waals surface area contributed by atoms with Crippen LogP contribution in [0, 0.1) is 12.7 Å². The summed E-state index contributed by atoms with van der Waals surface area (Å²) in [7, 11) is 1.57. The summed E-state index contributed by atoms with van der Waals surface area (Å²) < 4.78 is 29.9. The van der Waals surface area contributed by atoms with Crippen molar-refractivity contribution in [2.24, 2.45) is 0 Å². The van der Waals surface area contributed by atoms with Gasteiger partial charge in [0.1, 0.15) is 23.1 Å². The van der Waals surface area contributed by atoms with Crippen molar-refractivity contribution < 1.29 is 28.5 Å². The van der Waals surface area contributed by atoms with Gasteiger partial charge >= 0.3 is 5.97 Å². The number of carboxylic acid groups (broad SMARTS) is 1. The molecule has 32 heavy (non-hydrogen) atoms. The van der Waals surface area contributed by atoms with Crippen LogP contribution in [0.25, 0.3) is 0 Å². The lowest BCUT2D eigenvalue weighted by Crippen LogP contribution is -2.10. The highest BCUT2D eigenvalue weighted by Gasteiger charge is 2.23. The van der Waals surface area contributed by atoms with E-state index in [0.717, 1.165) is 33.0 Å². The molecule has 0 aromatic heterocycles. The van der Waals surface area contributed by atoms with Crippen molar-refractivity contribution in [2.75, 3.05) is 19.0 Å². The number of halogens is 1. The van der Waals surface area contributed by atoms with E-state index in [0.29, 0.717) is 17.3 Å². The van der Waals surface area contributed by atoms with Crippen molar-refractivity contribution in [1.29, 1.82) is 0 Å². The number of nitrogens with one attached hydrogen (secondary N) is 1. The van der Waals surface area contributed by atoms with E-state index in [1.54, 1.807) is 37.1 Å². The number of carboxylic acids is 1. The highest BCUT2D eigenvalue weighted by molar-refractivity contribution is 7.98. The zero-order chi connectivity index (χ0) is 22.7. The number of carbonyl (C=O) groups is 1. The molecule has 0 fully saturated rings. The van der Waals surface area contributed by atoms with Crippen LogP contribution in [0.15, 0.2) is 59.5 Å². The van der Waals surface area contributed by atoms with Crippen LogP contribution >= 0.6 is 11.8 Å². The third-order valence-corrected chi connectivity index (χ3v) is 6.06. The van der Waals surface area contributed by atoms with E-state index in [1.807, 2.05) is 31.2 Å². The third kappa shape index (κ3) is 4.91. The van der Waals surface area contributed by atoms with Gasteiger partial charge in [-0.05, 0) is 48.4 Å². The Hall–Kier alpha value is -3.39. The average molecular weight is 456 g/mol. The number of hydrogen-bond donors (Lipinski definition) is 2. The number of methoxy groups -OCH3 is 1. The fourth-order valence-electron chi connectivity index (χ4n) is 3.34. The second kappa shape index (κ2) is 9.40. The summed E-state index contributed by atoms with van der Waals surface area (Å²) in [6.07, 6.45) is -0.352. The van der Waals surface area contributed by atoms with Gasteiger partial charge in [0, 0.05) is 17.4 Å². The molecule has 0 saturated carbocycles. The first-order valence-corrected chi connectivity index (χ1v) is 10.9. The Bertz CT molecular complexity index is 1140. The highest BCUT2D eigenvalue weighted by Crippen LogP contribution is 2.41. The standard InChI is InChI=1S/C24H22FNO5S/c1-14-9-22(21(29-2)11-20(14)30-12-23(27)28)32-13-15-3-8-19-18(10-15)26-24(31-19)16-4-6-17(25)7-5-16/h3-11,24,26H,12-13H2,1-2H3,(H,27,28). The van der Waals surface area contributed by atoms with Crippen LogP contribution in [0.5, 0.6) is 17.2 Å². The first-order chi connectivity index (χ1) is 15.4. The number of benzene rings is 3. The molecule has 6 nitrogen and oxygen atoms in total. The summed E-state index contributed by atoms with van der Waals surface area (Å²) in [5, 5.41) is 12.2. The number of aliphatic carboxylic acids is 1. The second-order valence-electron chi connectivity index (χ2n) is 7.26. The minimum absolute atomic E-state index is 0.282. The van der Waals surface area contributed by atoms with Gasteiger partial charge in [-0.2, -0.15) is 0 Å². The number of rotatable bonds is 8. The lowest BCUT2D eigenvalue weighted by molar-refractivity contribution is -0.139. The largest absolute Gasteiger partial charge is 0.495 e. The summed E-state index contributed by atoms with van der Waals surface area (Å²) in [5.41, 5.74) is 3.66. The molecule has 8 heteroatoms. The average Bonchev–Trinajstić information content (AvgIpc) is 3.20. The quantitative estimate of drug-likeness (QED) is 0.440. The van der Waals surface area contributed by atoms with Crippen molar-refractivity contribution in [3.05, 3.63) is 77.1 Å². The second-order valence-corrected chi connectivity index (χ2v) is 8.28. The molecule has 3 aromatic carbocycles. The third-order valence-electron chi connectivity index (χ3n) is 4.95. The summed E-state index contributed by atoms with van der Waals surface area (Å²) in [5.74, 6) is 1.25. The van der Waals surface area contributed by atoms with Gasteiger partial charge in [-0.1, -0.05) is 18.2 Å². The van der Waals surface area contributed by atoms with Crippen LogP contribution in [0.2, 0.25) is 0 Å². The fourth-order valence-corrected chi connectivity index (χ4v) is 4.39. The molecule has 1 heterocycles. The van der Waals surface area contributed by atoms with E-state index in [9.17, 15) is 9.18 Å². The van der Waals surface area contributed by atoms with Gasteiger partial charge in [0.25, 0.3) is 0 Å². The van der Waals surface area contributed by atoms with Crippen LogP contribution in [-0.4, -0.2) is 24.8 Å². The Balaban J connectivity index is 1.44. The normalized spacial score (nSPS) is 14.3. The topological polar surface area (TPSA) is 77.0 Å². The molecular weight excluding hydrogens is 433 g/mol. The maximum Gasteiger partial charge on any atom is 0.341 e. The zero-order valence-corrected chi connectivity index (χ0v) is 18.4. The summed E-state index contributed by atoms with van der Waals surface area (Å²) in [6, 6.07) is 15.8. The van der Waals surface area contributed by atoms with Crippen molar-refractivity contribution in [3.63, 3.8) is 0 Å². The van der Waals surface area contributed by atoms with Gasteiger partial charge in [0.2, 0.25) is 0 Å². The Labute approximate surface area is 189 Å². The van der Waals surface area contributed by atoms with E-state index in [1.165, 1.54) is 12.1 Å². The first-order valence-electron chi connectivity index (χ1n) is 9.90. The molecule has 0 bridgehead atoms. The maximum absolute atomic E-state index is 13.2. The number of thioether (sulfide) groups is 1. The molecule has 0 aliphatic carbocycles. The monoisotopic (exact) mass is 455 g/mol. The van der Waals surface area contributed by atoms with Gasteiger partial charge in [0.15, 0.2) is 12.8 Å². The van der Waals surface area contributed by atoms with E-state index in [2.05, 4.69) is 5.32 Å². The number of ether oxygens (including phenoxy) is 3. The molecule has 0 radical (unpaired) electrons. The van der Waals surface area contributed by atoms with Crippen LogP contribution in [0.3, 0.4) is 0 Å². The van der Waals surface area contributed by atoms with Crippen molar-refractivity contribution in [3.8, 4) is 17.2 Å². The molecule has 166 valence electrons. The Morgan fingerprint density at radius 2 is 1.94 bits per heavy atom. The molecule has 1 aliphatic heterocycles. The molecule has 3 aromatic rings. The van der Waals surface area contributed by atoms with Crippen LogP contribution < -0.4 is 19.5 Å². The molecule has 0 saturated heterocycles. The lowest BCUT2D eigenvalue weighted by atomic mass is 10.2.